The number of rotatable bonds is 8. The zero-order valence-corrected chi connectivity index (χ0v) is 20.3. The third kappa shape index (κ3) is 6.21. The number of pyridine rings is 1. The number of carbonyl (C=O) groups is 1. The fourth-order valence-corrected chi connectivity index (χ4v) is 5.42. The predicted molar refractivity (Wildman–Crippen MR) is 132 cm³/mol. The molecule has 7 nitrogen and oxygen atoms in total. The molecule has 1 saturated heterocycles. The SMILES string of the molecule is O=C(CN(Cc1ccccc1)S(=O)(=O)c1ccc(Cl)cc1)N1CCN(Cc2ccncc2)CC1. The van der Waals surface area contributed by atoms with Crippen molar-refractivity contribution in [1.82, 2.24) is 19.1 Å². The van der Waals surface area contributed by atoms with Crippen LogP contribution >= 0.6 is 11.6 Å². The smallest absolute Gasteiger partial charge is 0.243 e. The quantitative estimate of drug-likeness (QED) is 0.476. The molecule has 0 bridgehead atoms. The van der Waals surface area contributed by atoms with Gasteiger partial charge in [0.25, 0.3) is 0 Å². The molecule has 178 valence electrons. The van der Waals surface area contributed by atoms with E-state index < -0.39 is 10.0 Å². The number of aromatic nitrogens is 1. The maximum absolute atomic E-state index is 13.4. The van der Waals surface area contributed by atoms with E-state index in [9.17, 15) is 13.2 Å². The van der Waals surface area contributed by atoms with Crippen LogP contribution in [0.1, 0.15) is 11.1 Å². The number of halogens is 1. The van der Waals surface area contributed by atoms with Crippen LogP contribution in [-0.2, 0) is 27.9 Å². The van der Waals surface area contributed by atoms with E-state index in [0.717, 1.165) is 25.2 Å². The van der Waals surface area contributed by atoms with Crippen LogP contribution in [-0.4, -0.2) is 66.1 Å². The third-order valence-corrected chi connectivity index (χ3v) is 7.90. The summed E-state index contributed by atoms with van der Waals surface area (Å²) in [6.45, 7) is 3.28. The summed E-state index contributed by atoms with van der Waals surface area (Å²) in [5.74, 6) is -0.197. The zero-order valence-electron chi connectivity index (χ0n) is 18.8. The number of sulfonamides is 1. The van der Waals surface area contributed by atoms with E-state index in [2.05, 4.69) is 9.88 Å². The van der Waals surface area contributed by atoms with Crippen molar-refractivity contribution >= 4 is 27.5 Å². The number of amides is 1. The van der Waals surface area contributed by atoms with Crippen LogP contribution in [0.4, 0.5) is 0 Å². The van der Waals surface area contributed by atoms with Crippen LogP contribution < -0.4 is 0 Å². The van der Waals surface area contributed by atoms with E-state index >= 15 is 0 Å². The maximum Gasteiger partial charge on any atom is 0.243 e. The summed E-state index contributed by atoms with van der Waals surface area (Å²) in [7, 11) is -3.89. The molecule has 0 atom stereocenters. The Morgan fingerprint density at radius 2 is 1.53 bits per heavy atom. The Morgan fingerprint density at radius 1 is 0.882 bits per heavy atom. The van der Waals surface area contributed by atoms with Crippen LogP contribution in [0.2, 0.25) is 5.02 Å². The minimum absolute atomic E-state index is 0.111. The molecule has 0 aliphatic carbocycles. The molecular weight excluding hydrogens is 472 g/mol. The van der Waals surface area contributed by atoms with Crippen molar-refractivity contribution in [1.29, 1.82) is 0 Å². The van der Waals surface area contributed by atoms with Gasteiger partial charge in [-0.25, -0.2) is 8.42 Å². The molecule has 1 aromatic heterocycles. The number of hydrogen-bond donors (Lipinski definition) is 0. The summed E-state index contributed by atoms with van der Waals surface area (Å²) in [5.41, 5.74) is 1.99. The molecule has 3 aromatic rings. The van der Waals surface area contributed by atoms with Crippen LogP contribution in [0.5, 0.6) is 0 Å². The van der Waals surface area contributed by atoms with Gasteiger partial charge in [-0.15, -0.1) is 0 Å². The molecular formula is C25H27ClN4O3S. The van der Waals surface area contributed by atoms with Gasteiger partial charge < -0.3 is 4.90 Å². The molecule has 0 saturated carbocycles. The fourth-order valence-electron chi connectivity index (χ4n) is 3.92. The molecule has 0 unspecified atom stereocenters. The van der Waals surface area contributed by atoms with Gasteiger partial charge in [0.1, 0.15) is 0 Å². The number of nitrogens with zero attached hydrogens (tertiary/aromatic N) is 4. The molecule has 0 radical (unpaired) electrons. The molecule has 4 rings (SSSR count). The Morgan fingerprint density at radius 3 is 2.18 bits per heavy atom. The monoisotopic (exact) mass is 498 g/mol. The highest BCUT2D eigenvalue weighted by atomic mass is 35.5. The minimum atomic E-state index is -3.89. The van der Waals surface area contributed by atoms with Crippen LogP contribution in [0.3, 0.4) is 0 Å². The first-order valence-electron chi connectivity index (χ1n) is 11.1. The van der Waals surface area contributed by atoms with E-state index in [1.807, 2.05) is 42.5 Å². The summed E-state index contributed by atoms with van der Waals surface area (Å²) >= 11 is 5.94. The van der Waals surface area contributed by atoms with Crippen molar-refractivity contribution in [3.05, 3.63) is 95.3 Å². The van der Waals surface area contributed by atoms with Crippen molar-refractivity contribution < 1.29 is 13.2 Å². The molecule has 0 N–H and O–H groups in total. The maximum atomic E-state index is 13.4. The summed E-state index contributed by atoms with van der Waals surface area (Å²) in [4.78, 5) is 21.4. The van der Waals surface area contributed by atoms with Gasteiger partial charge in [-0.3, -0.25) is 14.7 Å². The number of carbonyl (C=O) groups excluding carboxylic acids is 1. The highest BCUT2D eigenvalue weighted by Gasteiger charge is 2.30. The molecule has 0 spiro atoms. The van der Waals surface area contributed by atoms with Crippen LogP contribution in [0.25, 0.3) is 0 Å². The molecule has 1 aliphatic rings. The lowest BCUT2D eigenvalue weighted by Crippen LogP contribution is -2.51. The van der Waals surface area contributed by atoms with Crippen molar-refractivity contribution in [2.75, 3.05) is 32.7 Å². The first-order chi connectivity index (χ1) is 16.4. The van der Waals surface area contributed by atoms with Gasteiger partial charge in [-0.05, 0) is 47.5 Å². The van der Waals surface area contributed by atoms with Gasteiger partial charge in [0.2, 0.25) is 15.9 Å². The second-order valence-electron chi connectivity index (χ2n) is 8.23. The first-order valence-corrected chi connectivity index (χ1v) is 12.9. The van der Waals surface area contributed by atoms with E-state index in [1.165, 1.54) is 22.0 Å². The first kappa shape index (κ1) is 24.3. The lowest BCUT2D eigenvalue weighted by Gasteiger charge is -2.35. The van der Waals surface area contributed by atoms with Gasteiger partial charge in [0.15, 0.2) is 0 Å². The molecule has 2 aromatic carbocycles. The Balaban J connectivity index is 1.44. The van der Waals surface area contributed by atoms with Crippen molar-refractivity contribution in [3.63, 3.8) is 0 Å². The molecule has 34 heavy (non-hydrogen) atoms. The normalized spacial score (nSPS) is 14.9. The van der Waals surface area contributed by atoms with Gasteiger partial charge >= 0.3 is 0 Å². The fraction of sp³-hybridized carbons (Fsp3) is 0.280. The average Bonchev–Trinajstić information content (AvgIpc) is 2.85. The van der Waals surface area contributed by atoms with E-state index in [1.54, 1.807) is 29.4 Å². The Kier molecular flexibility index (Phi) is 7.95. The Hall–Kier alpha value is -2.78. The summed E-state index contributed by atoms with van der Waals surface area (Å²) in [6.07, 6.45) is 3.55. The predicted octanol–water partition coefficient (Wildman–Crippen LogP) is 3.27. The van der Waals surface area contributed by atoms with Crippen LogP contribution in [0, 0.1) is 0 Å². The summed E-state index contributed by atoms with van der Waals surface area (Å²) < 4.78 is 28.1. The number of benzene rings is 2. The number of piperazine rings is 1. The molecule has 2 heterocycles. The topological polar surface area (TPSA) is 73.8 Å². The lowest BCUT2D eigenvalue weighted by molar-refractivity contribution is -0.133. The van der Waals surface area contributed by atoms with Gasteiger partial charge in [-0.1, -0.05) is 41.9 Å². The largest absolute Gasteiger partial charge is 0.339 e. The van der Waals surface area contributed by atoms with E-state index in [0.29, 0.717) is 18.1 Å². The standard InChI is InChI=1S/C25H27ClN4O3S/c26-23-6-8-24(9-7-23)34(32,33)30(19-21-4-2-1-3-5-21)20-25(31)29-16-14-28(15-17-29)18-22-10-12-27-13-11-22/h1-13H,14-20H2. The average molecular weight is 499 g/mol. The minimum Gasteiger partial charge on any atom is -0.339 e. The lowest BCUT2D eigenvalue weighted by atomic mass is 10.2. The van der Waals surface area contributed by atoms with Crippen molar-refractivity contribution in [2.24, 2.45) is 0 Å². The Labute approximate surface area is 205 Å². The second kappa shape index (κ2) is 11.1. The van der Waals surface area contributed by atoms with Gasteiger partial charge in [0.05, 0.1) is 11.4 Å². The highest BCUT2D eigenvalue weighted by Crippen LogP contribution is 2.21. The van der Waals surface area contributed by atoms with E-state index in [4.69, 9.17) is 11.6 Å². The highest BCUT2D eigenvalue weighted by molar-refractivity contribution is 7.89. The van der Waals surface area contributed by atoms with E-state index in [-0.39, 0.29) is 23.9 Å². The van der Waals surface area contributed by atoms with Crippen molar-refractivity contribution in [3.8, 4) is 0 Å². The third-order valence-electron chi connectivity index (χ3n) is 5.85. The summed E-state index contributed by atoms with van der Waals surface area (Å²) in [6, 6.07) is 19.3. The molecule has 1 amide bonds. The van der Waals surface area contributed by atoms with Gasteiger partial charge in [0, 0.05) is 56.7 Å². The van der Waals surface area contributed by atoms with Gasteiger partial charge in [-0.2, -0.15) is 4.31 Å². The van der Waals surface area contributed by atoms with Crippen LogP contribution in [0.15, 0.2) is 84.0 Å². The summed E-state index contributed by atoms with van der Waals surface area (Å²) in [5, 5.41) is 0.453. The molecule has 9 heteroatoms. The van der Waals surface area contributed by atoms with Crippen molar-refractivity contribution in [2.45, 2.75) is 18.0 Å². The Bertz CT molecular complexity index is 1180. The molecule has 1 fully saturated rings. The zero-order chi connectivity index (χ0) is 24.0. The number of hydrogen-bond acceptors (Lipinski definition) is 5. The second-order valence-corrected chi connectivity index (χ2v) is 10.6. The molecule has 1 aliphatic heterocycles.